The van der Waals surface area contributed by atoms with Gasteiger partial charge in [-0.2, -0.15) is 5.26 Å². The van der Waals surface area contributed by atoms with Crippen LogP contribution in [-0.4, -0.2) is 0 Å². The summed E-state index contributed by atoms with van der Waals surface area (Å²) >= 11 is 0. The summed E-state index contributed by atoms with van der Waals surface area (Å²) in [5, 5.41) is 9.69. The monoisotopic (exact) mass is 309 g/mol. The fourth-order valence-corrected chi connectivity index (χ4v) is 4.30. The minimum absolute atomic E-state index is 0.0489. The van der Waals surface area contributed by atoms with Gasteiger partial charge in [0.25, 0.3) is 0 Å². The molecule has 1 saturated carbocycles. The highest BCUT2D eigenvalue weighted by Crippen LogP contribution is 2.61. The first-order valence-corrected chi connectivity index (χ1v) is 8.42. The van der Waals surface area contributed by atoms with E-state index in [0.29, 0.717) is 0 Å². The van der Waals surface area contributed by atoms with Crippen LogP contribution in [0.1, 0.15) is 29.0 Å². The van der Waals surface area contributed by atoms with Crippen LogP contribution in [0.25, 0.3) is 0 Å². The van der Waals surface area contributed by atoms with Gasteiger partial charge in [0, 0.05) is 11.3 Å². The Morgan fingerprint density at radius 3 is 1.62 bits per heavy atom. The maximum atomic E-state index is 9.69. The summed E-state index contributed by atoms with van der Waals surface area (Å²) in [4.78, 5) is 0. The zero-order valence-corrected chi connectivity index (χ0v) is 13.5. The number of rotatable bonds is 3. The van der Waals surface area contributed by atoms with E-state index in [0.717, 1.165) is 6.42 Å². The first kappa shape index (κ1) is 14.7. The Balaban J connectivity index is 1.93. The van der Waals surface area contributed by atoms with E-state index in [2.05, 4.69) is 91.0 Å². The standard InChI is InChI=1S/C23H19N/c24-17-19-16-23(20-12-6-2-7-13-20,21-14-8-3-9-15-21)22(19)18-10-4-1-5-11-18/h1-15,19,22H,16H2/t19?,22-/m0/s1. The molecule has 1 aliphatic carbocycles. The first-order chi connectivity index (χ1) is 11.9. The highest BCUT2D eigenvalue weighted by molar-refractivity contribution is 5.50. The fraction of sp³-hybridized carbons (Fsp3) is 0.174. The van der Waals surface area contributed by atoms with Gasteiger partial charge >= 0.3 is 0 Å². The molecule has 3 aromatic carbocycles. The highest BCUT2D eigenvalue weighted by Gasteiger charge is 2.56. The van der Waals surface area contributed by atoms with Gasteiger partial charge in [-0.25, -0.2) is 0 Å². The topological polar surface area (TPSA) is 23.8 Å². The SMILES string of the molecule is N#CC1CC(c2ccccc2)(c2ccccc2)[C@H]1c1ccccc1. The molecule has 0 saturated heterocycles. The maximum absolute atomic E-state index is 9.69. The van der Waals surface area contributed by atoms with Gasteiger partial charge in [0.1, 0.15) is 0 Å². The Morgan fingerprint density at radius 1 is 0.708 bits per heavy atom. The van der Waals surface area contributed by atoms with Crippen LogP contribution in [-0.2, 0) is 5.41 Å². The summed E-state index contributed by atoms with van der Waals surface area (Å²) in [6, 6.07) is 34.4. The van der Waals surface area contributed by atoms with Crippen molar-refractivity contribution in [2.24, 2.45) is 5.92 Å². The maximum Gasteiger partial charge on any atom is 0.0663 e. The molecule has 0 aromatic heterocycles. The second kappa shape index (κ2) is 5.98. The van der Waals surface area contributed by atoms with Crippen molar-refractivity contribution in [2.75, 3.05) is 0 Å². The van der Waals surface area contributed by atoms with E-state index >= 15 is 0 Å². The van der Waals surface area contributed by atoms with Crippen molar-refractivity contribution in [3.63, 3.8) is 0 Å². The number of benzene rings is 3. The van der Waals surface area contributed by atoms with Crippen LogP contribution in [0, 0.1) is 17.2 Å². The quantitative estimate of drug-likeness (QED) is 0.644. The summed E-state index contributed by atoms with van der Waals surface area (Å²) in [5.74, 6) is 0.237. The average Bonchev–Trinajstić information content (AvgIpc) is 2.64. The van der Waals surface area contributed by atoms with E-state index in [4.69, 9.17) is 0 Å². The van der Waals surface area contributed by atoms with Gasteiger partial charge in [-0.1, -0.05) is 91.0 Å². The van der Waals surface area contributed by atoms with Crippen molar-refractivity contribution in [1.82, 2.24) is 0 Å². The Hall–Kier alpha value is -2.85. The normalized spacial score (nSPS) is 21.5. The van der Waals surface area contributed by atoms with Gasteiger partial charge in [0.05, 0.1) is 12.0 Å². The van der Waals surface area contributed by atoms with Crippen LogP contribution in [0.5, 0.6) is 0 Å². The molecule has 0 spiro atoms. The molecule has 0 radical (unpaired) electrons. The summed E-state index contributed by atoms with van der Waals surface area (Å²) in [6.07, 6.45) is 0.872. The number of hydrogen-bond donors (Lipinski definition) is 0. The van der Waals surface area contributed by atoms with Crippen molar-refractivity contribution < 1.29 is 0 Å². The molecule has 1 unspecified atom stereocenters. The van der Waals surface area contributed by atoms with Crippen molar-refractivity contribution in [3.8, 4) is 6.07 Å². The van der Waals surface area contributed by atoms with Crippen LogP contribution >= 0.6 is 0 Å². The van der Waals surface area contributed by atoms with Gasteiger partial charge in [-0.05, 0) is 23.1 Å². The van der Waals surface area contributed by atoms with Gasteiger partial charge in [0.2, 0.25) is 0 Å². The van der Waals surface area contributed by atoms with E-state index in [1.54, 1.807) is 0 Å². The first-order valence-electron chi connectivity index (χ1n) is 8.42. The Labute approximate surface area is 143 Å². The molecule has 0 bridgehead atoms. The largest absolute Gasteiger partial charge is 0.198 e. The molecule has 1 heteroatoms. The lowest BCUT2D eigenvalue weighted by atomic mass is 9.47. The van der Waals surface area contributed by atoms with E-state index < -0.39 is 0 Å². The third kappa shape index (κ3) is 2.15. The molecule has 0 N–H and O–H groups in total. The molecule has 1 nitrogen and oxygen atoms in total. The van der Waals surface area contributed by atoms with Crippen LogP contribution in [0.15, 0.2) is 91.0 Å². The van der Waals surface area contributed by atoms with Crippen LogP contribution in [0.2, 0.25) is 0 Å². The molecule has 1 aliphatic rings. The zero-order valence-electron chi connectivity index (χ0n) is 13.5. The lowest BCUT2D eigenvalue weighted by Gasteiger charge is -2.54. The highest BCUT2D eigenvalue weighted by atomic mass is 14.6. The third-order valence-corrected chi connectivity index (χ3v) is 5.38. The predicted octanol–water partition coefficient (Wildman–Crippen LogP) is 5.30. The summed E-state index contributed by atoms with van der Waals surface area (Å²) in [7, 11) is 0. The Kier molecular flexibility index (Phi) is 3.67. The van der Waals surface area contributed by atoms with E-state index in [1.165, 1.54) is 16.7 Å². The molecule has 0 amide bonds. The Bertz CT molecular complexity index is 807. The van der Waals surface area contributed by atoms with Crippen LogP contribution in [0.3, 0.4) is 0 Å². The van der Waals surface area contributed by atoms with Crippen molar-refractivity contribution >= 4 is 0 Å². The summed E-state index contributed by atoms with van der Waals surface area (Å²) in [5.41, 5.74) is 3.74. The van der Waals surface area contributed by atoms with Gasteiger partial charge < -0.3 is 0 Å². The van der Waals surface area contributed by atoms with Gasteiger partial charge in [-0.3, -0.25) is 0 Å². The molecule has 24 heavy (non-hydrogen) atoms. The summed E-state index contributed by atoms with van der Waals surface area (Å²) in [6.45, 7) is 0. The minimum Gasteiger partial charge on any atom is -0.198 e. The Morgan fingerprint density at radius 2 is 1.17 bits per heavy atom. The third-order valence-electron chi connectivity index (χ3n) is 5.38. The molecular weight excluding hydrogens is 290 g/mol. The second-order valence-corrected chi connectivity index (χ2v) is 6.53. The van der Waals surface area contributed by atoms with E-state index in [-0.39, 0.29) is 17.3 Å². The lowest BCUT2D eigenvalue weighted by Crippen LogP contribution is -2.50. The predicted molar refractivity (Wildman–Crippen MR) is 96.6 cm³/mol. The smallest absolute Gasteiger partial charge is 0.0663 e. The van der Waals surface area contributed by atoms with Gasteiger partial charge in [0.15, 0.2) is 0 Å². The molecule has 3 aromatic rings. The molecular formula is C23H19N. The number of nitriles is 1. The molecule has 116 valence electrons. The fourth-order valence-electron chi connectivity index (χ4n) is 4.30. The number of nitrogens with zero attached hydrogens (tertiary/aromatic N) is 1. The van der Waals surface area contributed by atoms with Crippen molar-refractivity contribution in [1.29, 1.82) is 5.26 Å². The van der Waals surface area contributed by atoms with Crippen molar-refractivity contribution in [3.05, 3.63) is 108 Å². The van der Waals surface area contributed by atoms with E-state index in [9.17, 15) is 5.26 Å². The van der Waals surface area contributed by atoms with Crippen LogP contribution in [0.4, 0.5) is 0 Å². The van der Waals surface area contributed by atoms with Crippen molar-refractivity contribution in [2.45, 2.75) is 17.8 Å². The number of hydrogen-bond acceptors (Lipinski definition) is 1. The zero-order chi connectivity index (χ0) is 16.4. The minimum atomic E-state index is -0.121. The van der Waals surface area contributed by atoms with Crippen LogP contribution < -0.4 is 0 Å². The lowest BCUT2D eigenvalue weighted by molar-refractivity contribution is 0.176. The summed E-state index contributed by atoms with van der Waals surface area (Å²) < 4.78 is 0. The van der Waals surface area contributed by atoms with E-state index in [1.807, 2.05) is 6.07 Å². The molecule has 1 fully saturated rings. The molecule has 0 heterocycles. The molecule has 4 rings (SSSR count). The molecule has 2 atom stereocenters. The average molecular weight is 309 g/mol. The second-order valence-electron chi connectivity index (χ2n) is 6.53. The molecule has 0 aliphatic heterocycles. The van der Waals surface area contributed by atoms with Gasteiger partial charge in [-0.15, -0.1) is 0 Å².